The summed E-state index contributed by atoms with van der Waals surface area (Å²) in [5, 5.41) is 40.1. The standard InChI is InChI=1S/C24H32N6O3S/c1-13-18(21-28-16-12-25-10-8-17(16)34-21)20(29-22(27-13)26-11-14-5-4-6-14)30-24(33)9-7-15(19(24)31)23(2,3)32/h8,10,12,14-15,19,31-33H,4-7,9,11H2,1-3H3,(H2,26,27,29,30). The van der Waals surface area contributed by atoms with Crippen molar-refractivity contribution in [2.75, 3.05) is 17.2 Å². The quantitative estimate of drug-likeness (QED) is 0.320. The van der Waals surface area contributed by atoms with Crippen molar-refractivity contribution in [1.82, 2.24) is 19.9 Å². The van der Waals surface area contributed by atoms with Crippen LogP contribution in [-0.4, -0.2) is 59.2 Å². The van der Waals surface area contributed by atoms with Crippen LogP contribution in [0.1, 0.15) is 51.6 Å². The number of aryl methyl sites for hydroxylation is 1. The van der Waals surface area contributed by atoms with Gasteiger partial charge in [0.25, 0.3) is 0 Å². The summed E-state index contributed by atoms with van der Waals surface area (Å²) in [5.74, 6) is 1.05. The van der Waals surface area contributed by atoms with E-state index in [0.29, 0.717) is 34.7 Å². The number of nitrogens with zero attached hydrogens (tertiary/aromatic N) is 4. The number of pyridine rings is 1. The van der Waals surface area contributed by atoms with Crippen LogP contribution in [-0.2, 0) is 0 Å². The fourth-order valence-electron chi connectivity index (χ4n) is 4.91. The third-order valence-electron chi connectivity index (χ3n) is 7.22. The highest BCUT2D eigenvalue weighted by Crippen LogP contribution is 2.43. The van der Waals surface area contributed by atoms with E-state index in [-0.39, 0.29) is 6.42 Å². The Balaban J connectivity index is 1.53. The van der Waals surface area contributed by atoms with Gasteiger partial charge < -0.3 is 26.0 Å². The van der Waals surface area contributed by atoms with Crippen LogP contribution < -0.4 is 10.6 Å². The zero-order valence-corrected chi connectivity index (χ0v) is 20.6. The lowest BCUT2D eigenvalue weighted by Gasteiger charge is -2.34. The Labute approximate surface area is 202 Å². The second-order valence-electron chi connectivity index (χ2n) is 10.2. The maximum absolute atomic E-state index is 11.4. The number of aromatic nitrogens is 4. The molecule has 3 unspecified atom stereocenters. The van der Waals surface area contributed by atoms with Crippen molar-refractivity contribution >= 4 is 33.3 Å². The third kappa shape index (κ3) is 4.35. The van der Waals surface area contributed by atoms with Gasteiger partial charge in [-0.3, -0.25) is 4.98 Å². The number of nitrogens with one attached hydrogen (secondary N) is 2. The van der Waals surface area contributed by atoms with Crippen molar-refractivity contribution in [3.05, 3.63) is 24.2 Å². The van der Waals surface area contributed by atoms with Crippen LogP contribution in [0.25, 0.3) is 20.8 Å². The van der Waals surface area contributed by atoms with Gasteiger partial charge in [-0.1, -0.05) is 6.42 Å². The van der Waals surface area contributed by atoms with Crippen molar-refractivity contribution in [1.29, 1.82) is 0 Å². The van der Waals surface area contributed by atoms with Gasteiger partial charge in [-0.2, -0.15) is 4.98 Å². The summed E-state index contributed by atoms with van der Waals surface area (Å²) in [6.07, 6.45) is 6.72. The van der Waals surface area contributed by atoms with Gasteiger partial charge in [0.1, 0.15) is 22.4 Å². The Morgan fingerprint density at radius 3 is 2.65 bits per heavy atom. The summed E-state index contributed by atoms with van der Waals surface area (Å²) in [7, 11) is 0. The van der Waals surface area contributed by atoms with E-state index < -0.39 is 23.3 Å². The van der Waals surface area contributed by atoms with Crippen LogP contribution in [0.4, 0.5) is 11.8 Å². The van der Waals surface area contributed by atoms with E-state index in [1.54, 1.807) is 26.2 Å². The Hall–Kier alpha value is -2.40. The predicted octanol–water partition coefficient (Wildman–Crippen LogP) is 3.31. The molecule has 2 fully saturated rings. The molecule has 2 aliphatic rings. The molecule has 3 heterocycles. The molecule has 9 nitrogen and oxygen atoms in total. The highest BCUT2D eigenvalue weighted by atomic mass is 32.1. The minimum atomic E-state index is -1.64. The van der Waals surface area contributed by atoms with Gasteiger partial charge in [-0.15, -0.1) is 11.3 Å². The number of rotatable bonds is 7. The van der Waals surface area contributed by atoms with Crippen LogP contribution in [0, 0.1) is 18.8 Å². The first-order valence-corrected chi connectivity index (χ1v) is 12.7. The fourth-order valence-corrected chi connectivity index (χ4v) is 5.94. The van der Waals surface area contributed by atoms with E-state index in [2.05, 4.69) is 20.6 Å². The Morgan fingerprint density at radius 2 is 2.00 bits per heavy atom. The second-order valence-corrected chi connectivity index (χ2v) is 11.2. The van der Waals surface area contributed by atoms with Crippen molar-refractivity contribution in [2.45, 2.75) is 70.3 Å². The van der Waals surface area contributed by atoms with Crippen molar-refractivity contribution in [3.8, 4) is 10.6 Å². The van der Waals surface area contributed by atoms with Crippen LogP contribution in [0.5, 0.6) is 0 Å². The average molecular weight is 485 g/mol. The molecule has 2 saturated carbocycles. The lowest BCUT2D eigenvalue weighted by atomic mass is 9.85. The first-order chi connectivity index (χ1) is 16.1. The van der Waals surface area contributed by atoms with Crippen LogP contribution in [0.2, 0.25) is 0 Å². The number of hydrogen-bond acceptors (Lipinski definition) is 10. The zero-order valence-electron chi connectivity index (χ0n) is 19.7. The topological polar surface area (TPSA) is 136 Å². The van der Waals surface area contributed by atoms with E-state index in [1.165, 1.54) is 30.6 Å². The predicted molar refractivity (Wildman–Crippen MR) is 133 cm³/mol. The molecule has 10 heteroatoms. The molecule has 3 atom stereocenters. The van der Waals surface area contributed by atoms with E-state index in [9.17, 15) is 15.3 Å². The van der Waals surface area contributed by atoms with Crippen LogP contribution in [0.15, 0.2) is 18.5 Å². The molecule has 0 spiro atoms. The van der Waals surface area contributed by atoms with Gasteiger partial charge in [0.15, 0.2) is 5.72 Å². The first kappa shape index (κ1) is 23.3. The molecular weight excluding hydrogens is 452 g/mol. The number of fused-ring (bicyclic) bond motifs is 1. The molecule has 3 aromatic rings. The average Bonchev–Trinajstić information content (AvgIpc) is 3.27. The highest BCUT2D eigenvalue weighted by Gasteiger charge is 2.52. The van der Waals surface area contributed by atoms with Gasteiger partial charge in [0.05, 0.1) is 27.8 Å². The number of aliphatic hydroxyl groups excluding tert-OH is 1. The van der Waals surface area contributed by atoms with Gasteiger partial charge in [-0.05, 0) is 58.4 Å². The molecule has 0 saturated heterocycles. The SMILES string of the molecule is Cc1nc(NCC2CCC2)nc(NC2(O)CCC(C(C)(C)O)C2O)c1-c1nc2cnccc2s1. The van der Waals surface area contributed by atoms with Crippen molar-refractivity contribution in [2.24, 2.45) is 11.8 Å². The van der Waals surface area contributed by atoms with Crippen molar-refractivity contribution in [3.63, 3.8) is 0 Å². The van der Waals surface area contributed by atoms with Crippen molar-refractivity contribution < 1.29 is 15.3 Å². The van der Waals surface area contributed by atoms with E-state index in [4.69, 9.17) is 9.97 Å². The number of anilines is 2. The van der Waals surface area contributed by atoms with Crippen LogP contribution in [0.3, 0.4) is 0 Å². The van der Waals surface area contributed by atoms with Gasteiger partial charge >= 0.3 is 0 Å². The lowest BCUT2D eigenvalue weighted by Crippen LogP contribution is -2.51. The zero-order chi connectivity index (χ0) is 24.1. The second kappa shape index (κ2) is 8.67. The molecule has 5 N–H and O–H groups in total. The Bertz CT molecular complexity index is 1160. The minimum Gasteiger partial charge on any atom is -0.390 e. The van der Waals surface area contributed by atoms with E-state index >= 15 is 0 Å². The normalized spacial score (nSPS) is 25.5. The Kier molecular flexibility index (Phi) is 5.96. The molecule has 0 aromatic carbocycles. The van der Waals surface area contributed by atoms with Crippen LogP contribution >= 0.6 is 11.3 Å². The lowest BCUT2D eigenvalue weighted by molar-refractivity contribution is -0.0926. The maximum atomic E-state index is 11.4. The van der Waals surface area contributed by atoms with E-state index in [0.717, 1.165) is 22.5 Å². The molecule has 0 bridgehead atoms. The molecule has 0 radical (unpaired) electrons. The summed E-state index contributed by atoms with van der Waals surface area (Å²) in [4.78, 5) is 18.3. The molecule has 182 valence electrons. The molecule has 0 amide bonds. The summed E-state index contributed by atoms with van der Waals surface area (Å²) >= 11 is 1.50. The third-order valence-corrected chi connectivity index (χ3v) is 8.27. The number of thiazole rings is 1. The van der Waals surface area contributed by atoms with Gasteiger partial charge in [0.2, 0.25) is 5.95 Å². The molecule has 34 heavy (non-hydrogen) atoms. The fraction of sp³-hybridized carbons (Fsp3) is 0.583. The number of hydrogen-bond donors (Lipinski definition) is 5. The first-order valence-electron chi connectivity index (χ1n) is 11.9. The summed E-state index contributed by atoms with van der Waals surface area (Å²) < 4.78 is 0.990. The molecule has 3 aromatic heterocycles. The largest absolute Gasteiger partial charge is 0.390 e. The number of aliphatic hydroxyl groups is 3. The molecular formula is C24H32N6O3S. The Morgan fingerprint density at radius 1 is 1.21 bits per heavy atom. The highest BCUT2D eigenvalue weighted by molar-refractivity contribution is 7.21. The summed E-state index contributed by atoms with van der Waals surface area (Å²) in [6.45, 7) is 6.02. The van der Waals surface area contributed by atoms with E-state index in [1.807, 2.05) is 13.0 Å². The molecule has 2 aliphatic carbocycles. The summed E-state index contributed by atoms with van der Waals surface area (Å²) in [6, 6.07) is 1.91. The maximum Gasteiger partial charge on any atom is 0.224 e. The molecule has 5 rings (SSSR count). The smallest absolute Gasteiger partial charge is 0.224 e. The monoisotopic (exact) mass is 484 g/mol. The molecule has 0 aliphatic heterocycles. The summed E-state index contributed by atoms with van der Waals surface area (Å²) in [5.41, 5.74) is -0.574. The minimum absolute atomic E-state index is 0.278. The van der Waals surface area contributed by atoms with Gasteiger partial charge in [0, 0.05) is 18.7 Å². The van der Waals surface area contributed by atoms with Gasteiger partial charge in [-0.25, -0.2) is 9.97 Å².